The van der Waals surface area contributed by atoms with E-state index >= 15 is 0 Å². The molecule has 3 nitrogen and oxygen atoms in total. The van der Waals surface area contributed by atoms with Crippen LogP contribution in [0.2, 0.25) is 0 Å². The lowest BCUT2D eigenvalue weighted by Crippen LogP contribution is -2.08. The molecule has 0 aromatic carbocycles. The van der Waals surface area contributed by atoms with Gasteiger partial charge in [-0.15, -0.1) is 0 Å². The van der Waals surface area contributed by atoms with Crippen molar-refractivity contribution in [2.24, 2.45) is 0 Å². The Morgan fingerprint density at radius 3 is 2.50 bits per heavy atom. The SMILES string of the molecule is CCOC(=O)/C=C(/CC)C(C)O. The molecule has 1 atom stereocenters. The average molecular weight is 172 g/mol. The molecule has 0 spiro atoms. The molecule has 0 aliphatic carbocycles. The Bertz CT molecular complexity index is 171. The average Bonchev–Trinajstić information content (AvgIpc) is 2.00. The van der Waals surface area contributed by atoms with Crippen molar-refractivity contribution in [2.75, 3.05) is 6.61 Å². The van der Waals surface area contributed by atoms with E-state index in [1.54, 1.807) is 13.8 Å². The Balaban J connectivity index is 4.18. The normalized spacial score (nSPS) is 14.2. The molecule has 0 aliphatic heterocycles. The fourth-order valence-corrected chi connectivity index (χ4v) is 0.853. The fourth-order valence-electron chi connectivity index (χ4n) is 0.853. The quantitative estimate of drug-likeness (QED) is 0.513. The Labute approximate surface area is 73.0 Å². The van der Waals surface area contributed by atoms with Gasteiger partial charge in [0.05, 0.1) is 12.7 Å². The van der Waals surface area contributed by atoms with Crippen molar-refractivity contribution in [3.8, 4) is 0 Å². The van der Waals surface area contributed by atoms with Gasteiger partial charge in [0.25, 0.3) is 0 Å². The van der Waals surface area contributed by atoms with Crippen molar-refractivity contribution in [1.29, 1.82) is 0 Å². The van der Waals surface area contributed by atoms with Crippen molar-refractivity contribution in [1.82, 2.24) is 0 Å². The fraction of sp³-hybridized carbons (Fsp3) is 0.667. The molecule has 1 N–H and O–H groups in total. The lowest BCUT2D eigenvalue weighted by Gasteiger charge is -2.06. The Morgan fingerprint density at radius 2 is 2.17 bits per heavy atom. The third kappa shape index (κ3) is 4.13. The predicted molar refractivity (Wildman–Crippen MR) is 46.7 cm³/mol. The van der Waals surface area contributed by atoms with Gasteiger partial charge in [-0.1, -0.05) is 6.92 Å². The lowest BCUT2D eigenvalue weighted by molar-refractivity contribution is -0.137. The van der Waals surface area contributed by atoms with Gasteiger partial charge < -0.3 is 9.84 Å². The second kappa shape index (κ2) is 5.77. The molecular formula is C9H16O3. The monoisotopic (exact) mass is 172 g/mol. The predicted octanol–water partition coefficient (Wildman–Crippen LogP) is 1.27. The molecule has 12 heavy (non-hydrogen) atoms. The molecule has 0 rings (SSSR count). The van der Waals surface area contributed by atoms with Crippen molar-refractivity contribution in [2.45, 2.75) is 33.3 Å². The highest BCUT2D eigenvalue weighted by Crippen LogP contribution is 2.06. The number of aliphatic hydroxyl groups excluding tert-OH is 1. The van der Waals surface area contributed by atoms with Crippen molar-refractivity contribution >= 4 is 5.97 Å². The van der Waals surface area contributed by atoms with Crippen LogP contribution in [0.3, 0.4) is 0 Å². The van der Waals surface area contributed by atoms with Crippen LogP contribution in [0.15, 0.2) is 11.6 Å². The molecule has 0 aliphatic rings. The summed E-state index contributed by atoms with van der Waals surface area (Å²) < 4.78 is 4.70. The molecular weight excluding hydrogens is 156 g/mol. The Hall–Kier alpha value is -0.830. The van der Waals surface area contributed by atoms with Gasteiger partial charge in [0.2, 0.25) is 0 Å². The maximum absolute atomic E-state index is 10.9. The largest absolute Gasteiger partial charge is 0.463 e. The summed E-state index contributed by atoms with van der Waals surface area (Å²) in [5.74, 6) is -0.379. The summed E-state index contributed by atoms with van der Waals surface area (Å²) in [5, 5.41) is 9.15. The van der Waals surface area contributed by atoms with E-state index < -0.39 is 6.10 Å². The number of rotatable bonds is 4. The van der Waals surface area contributed by atoms with Gasteiger partial charge in [-0.3, -0.25) is 0 Å². The second-order valence-electron chi connectivity index (χ2n) is 2.50. The summed E-state index contributed by atoms with van der Waals surface area (Å²) in [5.41, 5.74) is 0.702. The van der Waals surface area contributed by atoms with E-state index in [1.165, 1.54) is 6.08 Å². The van der Waals surface area contributed by atoms with Gasteiger partial charge in [-0.05, 0) is 25.8 Å². The molecule has 0 aromatic heterocycles. The van der Waals surface area contributed by atoms with Crippen LogP contribution in [0.1, 0.15) is 27.2 Å². The van der Waals surface area contributed by atoms with Gasteiger partial charge in [-0.2, -0.15) is 0 Å². The van der Waals surface area contributed by atoms with Crippen LogP contribution in [0, 0.1) is 0 Å². The summed E-state index contributed by atoms with van der Waals surface area (Å²) in [6.07, 6.45) is 1.45. The molecule has 3 heteroatoms. The standard InChI is InChI=1S/C9H16O3/c1-4-8(7(3)10)6-9(11)12-5-2/h6-7,10H,4-5H2,1-3H3/b8-6-. The first-order valence-electron chi connectivity index (χ1n) is 4.17. The molecule has 1 unspecified atom stereocenters. The van der Waals surface area contributed by atoms with Crippen LogP contribution >= 0.6 is 0 Å². The maximum atomic E-state index is 10.9. The number of aliphatic hydroxyl groups is 1. The third-order valence-electron chi connectivity index (χ3n) is 1.53. The number of hydrogen-bond acceptors (Lipinski definition) is 3. The number of ether oxygens (including phenoxy) is 1. The zero-order chi connectivity index (χ0) is 9.56. The van der Waals surface area contributed by atoms with E-state index in [0.717, 1.165) is 0 Å². The summed E-state index contributed by atoms with van der Waals surface area (Å²) >= 11 is 0. The highest BCUT2D eigenvalue weighted by atomic mass is 16.5. The van der Waals surface area contributed by atoms with Gasteiger partial charge in [0, 0.05) is 6.08 Å². The third-order valence-corrected chi connectivity index (χ3v) is 1.53. The van der Waals surface area contributed by atoms with Crippen LogP contribution in [0.4, 0.5) is 0 Å². The first-order chi connectivity index (χ1) is 5.61. The van der Waals surface area contributed by atoms with E-state index in [-0.39, 0.29) is 5.97 Å². The summed E-state index contributed by atoms with van der Waals surface area (Å²) in [6.45, 7) is 5.64. The van der Waals surface area contributed by atoms with Crippen LogP contribution in [0.25, 0.3) is 0 Å². The molecule has 0 fully saturated rings. The Morgan fingerprint density at radius 1 is 1.58 bits per heavy atom. The molecule has 0 bridgehead atoms. The van der Waals surface area contributed by atoms with Crippen LogP contribution < -0.4 is 0 Å². The number of carbonyl (C=O) groups is 1. The van der Waals surface area contributed by atoms with E-state index in [9.17, 15) is 4.79 Å². The minimum atomic E-state index is -0.570. The number of hydrogen-bond donors (Lipinski definition) is 1. The van der Waals surface area contributed by atoms with Crippen molar-refractivity contribution in [3.63, 3.8) is 0 Å². The molecule has 0 aromatic rings. The zero-order valence-corrected chi connectivity index (χ0v) is 7.83. The highest BCUT2D eigenvalue weighted by molar-refractivity contribution is 5.82. The van der Waals surface area contributed by atoms with Gasteiger partial charge in [0.1, 0.15) is 0 Å². The first kappa shape index (κ1) is 11.2. The second-order valence-corrected chi connectivity index (χ2v) is 2.50. The molecule has 70 valence electrons. The van der Waals surface area contributed by atoms with Crippen LogP contribution in [0.5, 0.6) is 0 Å². The van der Waals surface area contributed by atoms with Crippen molar-refractivity contribution in [3.05, 3.63) is 11.6 Å². The van der Waals surface area contributed by atoms with Gasteiger partial charge in [0.15, 0.2) is 0 Å². The maximum Gasteiger partial charge on any atom is 0.330 e. The van der Waals surface area contributed by atoms with Gasteiger partial charge >= 0.3 is 5.97 Å². The summed E-state index contributed by atoms with van der Waals surface area (Å²) in [7, 11) is 0. The summed E-state index contributed by atoms with van der Waals surface area (Å²) in [6, 6.07) is 0. The molecule has 0 saturated carbocycles. The highest BCUT2D eigenvalue weighted by Gasteiger charge is 2.05. The van der Waals surface area contributed by atoms with E-state index in [1.807, 2.05) is 6.92 Å². The topological polar surface area (TPSA) is 46.5 Å². The molecule has 0 amide bonds. The molecule has 0 saturated heterocycles. The van der Waals surface area contributed by atoms with Gasteiger partial charge in [-0.25, -0.2) is 4.79 Å². The number of carbonyl (C=O) groups excluding carboxylic acids is 1. The van der Waals surface area contributed by atoms with E-state index in [0.29, 0.717) is 18.6 Å². The minimum absolute atomic E-state index is 0.367. The minimum Gasteiger partial charge on any atom is -0.463 e. The van der Waals surface area contributed by atoms with Crippen LogP contribution in [-0.2, 0) is 9.53 Å². The molecule has 0 heterocycles. The van der Waals surface area contributed by atoms with Crippen LogP contribution in [-0.4, -0.2) is 23.8 Å². The summed E-state index contributed by atoms with van der Waals surface area (Å²) in [4.78, 5) is 10.9. The molecule has 0 radical (unpaired) electrons. The Kier molecular flexibility index (Phi) is 5.37. The zero-order valence-electron chi connectivity index (χ0n) is 7.83. The lowest BCUT2D eigenvalue weighted by atomic mass is 10.1. The van der Waals surface area contributed by atoms with E-state index in [4.69, 9.17) is 9.84 Å². The van der Waals surface area contributed by atoms with Crippen molar-refractivity contribution < 1.29 is 14.6 Å². The van der Waals surface area contributed by atoms with E-state index in [2.05, 4.69) is 0 Å². The number of esters is 1. The first-order valence-corrected chi connectivity index (χ1v) is 4.17. The smallest absolute Gasteiger partial charge is 0.330 e.